The maximum absolute atomic E-state index is 9.70. The van der Waals surface area contributed by atoms with Crippen molar-refractivity contribution in [2.75, 3.05) is 33.7 Å². The van der Waals surface area contributed by atoms with Crippen molar-refractivity contribution < 1.29 is 18.9 Å². The largest absolute Gasteiger partial charge is 0.497 e. The van der Waals surface area contributed by atoms with Gasteiger partial charge in [-0.05, 0) is 48.9 Å². The van der Waals surface area contributed by atoms with Crippen molar-refractivity contribution in [3.05, 3.63) is 48.0 Å². The Kier molecular flexibility index (Phi) is 6.28. The average Bonchev–Trinajstić information content (AvgIpc) is 2.78. The highest BCUT2D eigenvalue weighted by molar-refractivity contribution is 5.82. The van der Waals surface area contributed by atoms with Crippen LogP contribution in [0.25, 0.3) is 22.4 Å². The topological polar surface area (TPSA) is 99.6 Å². The Morgan fingerprint density at radius 3 is 2.27 bits per heavy atom. The van der Waals surface area contributed by atoms with E-state index in [1.54, 1.807) is 45.6 Å². The van der Waals surface area contributed by atoms with Crippen LogP contribution in [0.5, 0.6) is 23.0 Å². The molecular formula is C23H23N3O4. The number of pyridine rings is 1. The van der Waals surface area contributed by atoms with Crippen LogP contribution >= 0.6 is 0 Å². The average molecular weight is 405 g/mol. The monoisotopic (exact) mass is 405 g/mol. The second-order valence-electron chi connectivity index (χ2n) is 6.29. The Morgan fingerprint density at radius 2 is 1.63 bits per heavy atom. The number of ether oxygens (including phenoxy) is 4. The molecule has 0 radical (unpaired) electrons. The number of hydrogen-bond donors (Lipinski definition) is 1. The quantitative estimate of drug-likeness (QED) is 0.626. The maximum atomic E-state index is 9.70. The number of aromatic nitrogens is 1. The molecule has 7 nitrogen and oxygen atoms in total. The Labute approximate surface area is 175 Å². The lowest BCUT2D eigenvalue weighted by Crippen LogP contribution is -2.01. The van der Waals surface area contributed by atoms with E-state index in [9.17, 15) is 5.26 Å². The third-order valence-corrected chi connectivity index (χ3v) is 4.62. The van der Waals surface area contributed by atoms with Gasteiger partial charge in [0.1, 0.15) is 28.9 Å². The minimum absolute atomic E-state index is 0.128. The first-order valence-electron chi connectivity index (χ1n) is 9.30. The van der Waals surface area contributed by atoms with Crippen LogP contribution < -0.4 is 24.7 Å². The number of benzene rings is 2. The standard InChI is InChI=1S/C23H23N3O4/c1-5-30-21-8-6-14(10-22(21)29-4)16-12-19(26-23(25)18(16)13-24)17-11-15(27-2)7-9-20(17)28-3/h6-12H,5H2,1-4H3,(H2,25,26). The summed E-state index contributed by atoms with van der Waals surface area (Å²) in [6, 6.07) is 14.8. The SMILES string of the molecule is CCOc1ccc(-c2cc(-c3cc(OC)ccc3OC)nc(N)c2C#N)cc1OC. The van der Waals surface area contributed by atoms with Crippen molar-refractivity contribution in [1.29, 1.82) is 5.26 Å². The van der Waals surface area contributed by atoms with Gasteiger partial charge >= 0.3 is 0 Å². The molecule has 154 valence electrons. The number of anilines is 1. The van der Waals surface area contributed by atoms with Crippen LogP contribution in [0.2, 0.25) is 0 Å². The summed E-state index contributed by atoms with van der Waals surface area (Å²) in [5.41, 5.74) is 9.09. The number of rotatable bonds is 7. The fourth-order valence-electron chi connectivity index (χ4n) is 3.17. The molecule has 2 N–H and O–H groups in total. The van der Waals surface area contributed by atoms with Crippen LogP contribution in [0.4, 0.5) is 5.82 Å². The molecule has 30 heavy (non-hydrogen) atoms. The van der Waals surface area contributed by atoms with E-state index in [0.29, 0.717) is 46.4 Å². The molecule has 0 fully saturated rings. The summed E-state index contributed by atoms with van der Waals surface area (Å²) >= 11 is 0. The van der Waals surface area contributed by atoms with Gasteiger partial charge in [-0.3, -0.25) is 0 Å². The summed E-state index contributed by atoms with van der Waals surface area (Å²) in [6.07, 6.45) is 0. The third-order valence-electron chi connectivity index (χ3n) is 4.62. The fraction of sp³-hybridized carbons (Fsp3) is 0.217. The van der Waals surface area contributed by atoms with Gasteiger partial charge in [0.15, 0.2) is 11.5 Å². The van der Waals surface area contributed by atoms with Crippen molar-refractivity contribution in [3.63, 3.8) is 0 Å². The van der Waals surface area contributed by atoms with Gasteiger partial charge in [-0.2, -0.15) is 5.26 Å². The van der Waals surface area contributed by atoms with Crippen LogP contribution in [-0.2, 0) is 0 Å². The van der Waals surface area contributed by atoms with Gasteiger partial charge in [0.2, 0.25) is 0 Å². The zero-order valence-corrected chi connectivity index (χ0v) is 17.4. The summed E-state index contributed by atoms with van der Waals surface area (Å²) in [7, 11) is 4.74. The smallest absolute Gasteiger partial charge is 0.161 e. The van der Waals surface area contributed by atoms with Gasteiger partial charge < -0.3 is 24.7 Å². The van der Waals surface area contributed by atoms with Crippen molar-refractivity contribution in [1.82, 2.24) is 4.98 Å². The first-order chi connectivity index (χ1) is 14.6. The highest BCUT2D eigenvalue weighted by Gasteiger charge is 2.18. The lowest BCUT2D eigenvalue weighted by molar-refractivity contribution is 0.311. The molecule has 0 amide bonds. The van der Waals surface area contributed by atoms with E-state index in [4.69, 9.17) is 24.7 Å². The maximum Gasteiger partial charge on any atom is 0.161 e. The Morgan fingerprint density at radius 1 is 0.900 bits per heavy atom. The first-order valence-corrected chi connectivity index (χ1v) is 9.30. The van der Waals surface area contributed by atoms with Crippen molar-refractivity contribution >= 4 is 5.82 Å². The summed E-state index contributed by atoms with van der Waals surface area (Å²) in [6.45, 7) is 2.42. The van der Waals surface area contributed by atoms with Crippen molar-refractivity contribution in [2.24, 2.45) is 0 Å². The molecule has 3 rings (SSSR count). The van der Waals surface area contributed by atoms with Gasteiger partial charge in [-0.25, -0.2) is 4.98 Å². The molecular weight excluding hydrogens is 382 g/mol. The van der Waals surface area contributed by atoms with Crippen LogP contribution in [0.1, 0.15) is 12.5 Å². The van der Waals surface area contributed by atoms with E-state index < -0.39 is 0 Å². The van der Waals surface area contributed by atoms with E-state index in [-0.39, 0.29) is 11.4 Å². The minimum Gasteiger partial charge on any atom is -0.497 e. The molecule has 0 aliphatic carbocycles. The molecule has 7 heteroatoms. The summed E-state index contributed by atoms with van der Waals surface area (Å²) in [5, 5.41) is 9.70. The van der Waals surface area contributed by atoms with Gasteiger partial charge in [0.25, 0.3) is 0 Å². The van der Waals surface area contributed by atoms with Crippen molar-refractivity contribution in [3.8, 4) is 51.5 Å². The lowest BCUT2D eigenvalue weighted by Gasteiger charge is -2.15. The molecule has 3 aromatic rings. The molecule has 0 bridgehead atoms. The predicted octanol–water partition coefficient (Wildman–Crippen LogP) is 4.29. The van der Waals surface area contributed by atoms with Gasteiger partial charge in [0.05, 0.1) is 33.6 Å². The van der Waals surface area contributed by atoms with E-state index in [1.165, 1.54) is 0 Å². The number of nitrogens with two attached hydrogens (primary N) is 1. The van der Waals surface area contributed by atoms with Gasteiger partial charge in [-0.15, -0.1) is 0 Å². The van der Waals surface area contributed by atoms with Crippen LogP contribution in [0, 0.1) is 11.3 Å². The van der Waals surface area contributed by atoms with Crippen LogP contribution in [-0.4, -0.2) is 32.9 Å². The number of nitrogen functional groups attached to an aromatic ring is 1. The fourth-order valence-corrected chi connectivity index (χ4v) is 3.17. The highest BCUT2D eigenvalue weighted by Crippen LogP contribution is 2.39. The summed E-state index contributed by atoms with van der Waals surface area (Å²) in [4.78, 5) is 4.44. The first kappa shape index (κ1) is 20.8. The molecule has 0 spiro atoms. The van der Waals surface area contributed by atoms with E-state index in [2.05, 4.69) is 11.1 Å². The zero-order chi connectivity index (χ0) is 21.7. The van der Waals surface area contributed by atoms with E-state index >= 15 is 0 Å². The second kappa shape index (κ2) is 9.05. The highest BCUT2D eigenvalue weighted by atomic mass is 16.5. The second-order valence-corrected chi connectivity index (χ2v) is 6.29. The van der Waals surface area contributed by atoms with Crippen molar-refractivity contribution in [2.45, 2.75) is 6.92 Å². The molecule has 0 atom stereocenters. The molecule has 2 aromatic carbocycles. The van der Waals surface area contributed by atoms with Crippen LogP contribution in [0.15, 0.2) is 42.5 Å². The Bertz CT molecular complexity index is 1110. The molecule has 0 aliphatic rings. The number of methoxy groups -OCH3 is 3. The molecule has 0 aliphatic heterocycles. The van der Waals surface area contributed by atoms with E-state index in [1.807, 2.05) is 25.1 Å². The molecule has 1 aromatic heterocycles. The molecule has 0 saturated carbocycles. The predicted molar refractivity (Wildman–Crippen MR) is 115 cm³/mol. The third kappa shape index (κ3) is 3.94. The van der Waals surface area contributed by atoms with E-state index in [0.717, 1.165) is 5.56 Å². The van der Waals surface area contributed by atoms with Gasteiger partial charge in [-0.1, -0.05) is 6.07 Å². The number of nitriles is 1. The normalized spacial score (nSPS) is 10.2. The lowest BCUT2D eigenvalue weighted by atomic mass is 9.97. The minimum atomic E-state index is 0.128. The summed E-state index contributed by atoms with van der Waals surface area (Å²) < 4.78 is 21.9. The Hall–Kier alpha value is -3.92. The molecule has 1 heterocycles. The summed E-state index contributed by atoms with van der Waals surface area (Å²) in [5.74, 6) is 2.58. The zero-order valence-electron chi connectivity index (χ0n) is 17.4. The number of nitrogens with zero attached hydrogens (tertiary/aromatic N) is 2. The molecule has 0 saturated heterocycles. The Balaban J connectivity index is 2.23. The van der Waals surface area contributed by atoms with Gasteiger partial charge in [0, 0.05) is 11.1 Å². The number of hydrogen-bond acceptors (Lipinski definition) is 7. The van der Waals surface area contributed by atoms with Crippen LogP contribution in [0.3, 0.4) is 0 Å². The molecule has 0 unspecified atom stereocenters.